The SMILES string of the molecule is COc1ccccc1-c1c(N)n[nH]c1-c1sc(C)nc1C. The van der Waals surface area contributed by atoms with Gasteiger partial charge in [-0.2, -0.15) is 5.10 Å². The van der Waals surface area contributed by atoms with Crippen LogP contribution in [0.4, 0.5) is 5.82 Å². The van der Waals surface area contributed by atoms with Crippen LogP contribution in [0.3, 0.4) is 0 Å². The molecule has 5 nitrogen and oxygen atoms in total. The minimum atomic E-state index is 0.458. The zero-order valence-electron chi connectivity index (χ0n) is 12.1. The summed E-state index contributed by atoms with van der Waals surface area (Å²) in [5, 5.41) is 8.22. The molecule has 0 aliphatic carbocycles. The fourth-order valence-electron chi connectivity index (χ4n) is 2.41. The van der Waals surface area contributed by atoms with Crippen LogP contribution in [0.5, 0.6) is 5.75 Å². The Balaban J connectivity index is 2.25. The van der Waals surface area contributed by atoms with Crippen LogP contribution in [-0.2, 0) is 0 Å². The number of aromatic nitrogens is 3. The predicted octanol–water partition coefficient (Wildman–Crippen LogP) is 3.41. The maximum Gasteiger partial charge on any atom is 0.153 e. The van der Waals surface area contributed by atoms with Gasteiger partial charge in [-0.3, -0.25) is 5.10 Å². The number of H-pyrrole nitrogens is 1. The first-order valence-electron chi connectivity index (χ1n) is 6.53. The van der Waals surface area contributed by atoms with E-state index in [1.807, 2.05) is 38.1 Å². The second kappa shape index (κ2) is 5.21. The van der Waals surface area contributed by atoms with Crippen molar-refractivity contribution in [3.05, 3.63) is 35.0 Å². The molecule has 108 valence electrons. The van der Waals surface area contributed by atoms with Crippen molar-refractivity contribution in [2.45, 2.75) is 13.8 Å². The molecule has 0 atom stereocenters. The number of anilines is 1. The number of para-hydroxylation sites is 1. The fourth-order valence-corrected chi connectivity index (χ4v) is 3.33. The number of nitrogens with two attached hydrogens (primary N) is 1. The first-order chi connectivity index (χ1) is 10.1. The van der Waals surface area contributed by atoms with Crippen molar-refractivity contribution >= 4 is 17.2 Å². The van der Waals surface area contributed by atoms with Gasteiger partial charge in [0.2, 0.25) is 0 Å². The number of methoxy groups -OCH3 is 1. The van der Waals surface area contributed by atoms with Crippen LogP contribution < -0.4 is 10.5 Å². The van der Waals surface area contributed by atoms with Gasteiger partial charge in [0.25, 0.3) is 0 Å². The van der Waals surface area contributed by atoms with Crippen molar-refractivity contribution in [1.29, 1.82) is 0 Å². The maximum atomic E-state index is 6.08. The summed E-state index contributed by atoms with van der Waals surface area (Å²) in [5.41, 5.74) is 9.72. The molecular weight excluding hydrogens is 284 g/mol. The molecule has 0 unspecified atom stereocenters. The van der Waals surface area contributed by atoms with Crippen LogP contribution in [0, 0.1) is 13.8 Å². The highest BCUT2D eigenvalue weighted by molar-refractivity contribution is 7.15. The van der Waals surface area contributed by atoms with E-state index in [-0.39, 0.29) is 0 Å². The fraction of sp³-hybridized carbons (Fsp3) is 0.200. The number of benzene rings is 1. The Hall–Kier alpha value is -2.34. The van der Waals surface area contributed by atoms with Crippen molar-refractivity contribution in [1.82, 2.24) is 15.2 Å². The third-order valence-corrected chi connectivity index (χ3v) is 4.39. The quantitative estimate of drug-likeness (QED) is 0.777. The summed E-state index contributed by atoms with van der Waals surface area (Å²) >= 11 is 1.62. The van der Waals surface area contributed by atoms with E-state index in [1.54, 1.807) is 18.4 Å². The van der Waals surface area contributed by atoms with Crippen molar-refractivity contribution in [3.8, 4) is 27.4 Å². The Morgan fingerprint density at radius 3 is 2.67 bits per heavy atom. The molecule has 2 heterocycles. The van der Waals surface area contributed by atoms with Crippen LogP contribution in [0.25, 0.3) is 21.7 Å². The summed E-state index contributed by atoms with van der Waals surface area (Å²) in [6.07, 6.45) is 0. The number of ether oxygens (including phenoxy) is 1. The largest absolute Gasteiger partial charge is 0.496 e. The minimum absolute atomic E-state index is 0.458. The molecule has 0 bridgehead atoms. The van der Waals surface area contributed by atoms with E-state index in [2.05, 4.69) is 15.2 Å². The molecular formula is C15H16N4OS. The molecule has 0 fully saturated rings. The van der Waals surface area contributed by atoms with E-state index in [0.29, 0.717) is 5.82 Å². The first-order valence-corrected chi connectivity index (χ1v) is 7.35. The molecule has 3 aromatic rings. The average molecular weight is 300 g/mol. The normalized spacial score (nSPS) is 10.8. The Morgan fingerprint density at radius 1 is 1.24 bits per heavy atom. The van der Waals surface area contributed by atoms with E-state index in [4.69, 9.17) is 10.5 Å². The lowest BCUT2D eigenvalue weighted by molar-refractivity contribution is 0.416. The number of nitrogens with one attached hydrogen (secondary N) is 1. The van der Waals surface area contributed by atoms with Crippen molar-refractivity contribution in [3.63, 3.8) is 0 Å². The lowest BCUT2D eigenvalue weighted by atomic mass is 10.0. The molecule has 2 aromatic heterocycles. The number of hydrogen-bond donors (Lipinski definition) is 2. The third-order valence-electron chi connectivity index (χ3n) is 3.30. The molecule has 0 aliphatic heterocycles. The van der Waals surface area contributed by atoms with Gasteiger partial charge in [-0.05, 0) is 19.9 Å². The number of nitrogens with zero attached hydrogens (tertiary/aromatic N) is 2. The van der Waals surface area contributed by atoms with Gasteiger partial charge in [-0.25, -0.2) is 4.98 Å². The van der Waals surface area contributed by atoms with Crippen LogP contribution in [0.2, 0.25) is 0 Å². The maximum absolute atomic E-state index is 6.08. The second-order valence-electron chi connectivity index (χ2n) is 4.71. The molecule has 0 saturated carbocycles. The van der Waals surface area contributed by atoms with Gasteiger partial charge < -0.3 is 10.5 Å². The van der Waals surface area contributed by atoms with Crippen LogP contribution in [0.1, 0.15) is 10.7 Å². The monoisotopic (exact) mass is 300 g/mol. The summed E-state index contributed by atoms with van der Waals surface area (Å²) in [5.74, 6) is 1.23. The van der Waals surface area contributed by atoms with E-state index >= 15 is 0 Å². The van der Waals surface area contributed by atoms with Gasteiger partial charge in [-0.15, -0.1) is 11.3 Å². The van der Waals surface area contributed by atoms with E-state index in [1.165, 1.54) is 0 Å². The van der Waals surface area contributed by atoms with Crippen LogP contribution in [-0.4, -0.2) is 22.3 Å². The number of rotatable bonds is 3. The average Bonchev–Trinajstić information content (AvgIpc) is 3.01. The summed E-state index contributed by atoms with van der Waals surface area (Å²) < 4.78 is 5.44. The topological polar surface area (TPSA) is 76.8 Å². The summed E-state index contributed by atoms with van der Waals surface area (Å²) in [4.78, 5) is 5.53. The van der Waals surface area contributed by atoms with Crippen molar-refractivity contribution in [2.75, 3.05) is 12.8 Å². The van der Waals surface area contributed by atoms with Gasteiger partial charge in [0.1, 0.15) is 5.75 Å². The Kier molecular flexibility index (Phi) is 3.39. The molecule has 6 heteroatoms. The van der Waals surface area contributed by atoms with E-state index < -0.39 is 0 Å². The molecule has 1 aromatic carbocycles. The van der Waals surface area contributed by atoms with Gasteiger partial charge in [0, 0.05) is 5.56 Å². The summed E-state index contributed by atoms with van der Waals surface area (Å²) in [6.45, 7) is 3.98. The smallest absolute Gasteiger partial charge is 0.153 e. The van der Waals surface area contributed by atoms with Gasteiger partial charge in [0.05, 0.1) is 33.9 Å². The first kappa shape index (κ1) is 13.6. The Morgan fingerprint density at radius 2 is 2.00 bits per heavy atom. The lowest BCUT2D eigenvalue weighted by Crippen LogP contribution is -1.92. The zero-order valence-corrected chi connectivity index (χ0v) is 12.9. The number of hydrogen-bond acceptors (Lipinski definition) is 5. The van der Waals surface area contributed by atoms with Gasteiger partial charge in [0.15, 0.2) is 5.82 Å². The van der Waals surface area contributed by atoms with E-state index in [9.17, 15) is 0 Å². The number of nitrogen functional groups attached to an aromatic ring is 1. The molecule has 0 spiro atoms. The molecule has 0 saturated heterocycles. The minimum Gasteiger partial charge on any atom is -0.496 e. The number of aromatic amines is 1. The Bertz CT molecular complexity index is 791. The van der Waals surface area contributed by atoms with Crippen molar-refractivity contribution < 1.29 is 4.74 Å². The van der Waals surface area contributed by atoms with E-state index in [0.717, 1.165) is 38.1 Å². The zero-order chi connectivity index (χ0) is 15.0. The predicted molar refractivity (Wildman–Crippen MR) is 85.6 cm³/mol. The molecule has 3 N–H and O–H groups in total. The van der Waals surface area contributed by atoms with Crippen molar-refractivity contribution in [2.24, 2.45) is 0 Å². The number of thiazole rings is 1. The highest BCUT2D eigenvalue weighted by Crippen LogP contribution is 2.41. The van der Waals surface area contributed by atoms with Gasteiger partial charge >= 0.3 is 0 Å². The lowest BCUT2D eigenvalue weighted by Gasteiger charge is -2.09. The molecule has 0 radical (unpaired) electrons. The summed E-state index contributed by atoms with van der Waals surface area (Å²) in [7, 11) is 1.65. The second-order valence-corrected chi connectivity index (χ2v) is 5.91. The highest BCUT2D eigenvalue weighted by Gasteiger charge is 2.20. The molecule has 0 aliphatic rings. The third kappa shape index (κ3) is 2.27. The van der Waals surface area contributed by atoms with Gasteiger partial charge in [-0.1, -0.05) is 18.2 Å². The molecule has 3 rings (SSSR count). The summed E-state index contributed by atoms with van der Waals surface area (Å²) in [6, 6.07) is 7.78. The van der Waals surface area contributed by atoms with Crippen LogP contribution in [0.15, 0.2) is 24.3 Å². The highest BCUT2D eigenvalue weighted by atomic mass is 32.1. The molecule has 0 amide bonds. The van der Waals surface area contributed by atoms with Crippen LogP contribution >= 0.6 is 11.3 Å². The standard InChI is InChI=1S/C15H16N4OS/c1-8-14(21-9(2)17-8)13-12(15(16)19-18-13)10-6-4-5-7-11(10)20-3/h4-7H,1-3H3,(H3,16,18,19). The number of aryl methyl sites for hydroxylation is 2. The Labute approximate surface area is 126 Å². The molecule has 21 heavy (non-hydrogen) atoms.